The Morgan fingerprint density at radius 3 is 2.55 bits per heavy atom. The van der Waals surface area contributed by atoms with E-state index in [1.807, 2.05) is 0 Å². The molecule has 2 fully saturated rings. The van der Waals surface area contributed by atoms with Crippen LogP contribution < -0.4 is 11.1 Å². The lowest BCUT2D eigenvalue weighted by Crippen LogP contribution is -2.50. The average Bonchev–Trinajstić information content (AvgIpc) is 2.32. The molecule has 6 heteroatoms. The first-order valence-corrected chi connectivity index (χ1v) is 9.37. The SMILES string of the molecule is CC1CC(C)C(C(=O)NC2CCCS(=O)(=O)C2)CC1N. The van der Waals surface area contributed by atoms with Gasteiger partial charge >= 0.3 is 0 Å². The van der Waals surface area contributed by atoms with Crippen molar-refractivity contribution >= 4 is 15.7 Å². The van der Waals surface area contributed by atoms with Gasteiger partial charge in [-0.3, -0.25) is 4.79 Å². The van der Waals surface area contributed by atoms with Gasteiger partial charge in [0.1, 0.15) is 0 Å². The molecule has 1 heterocycles. The molecule has 2 aliphatic rings. The molecule has 5 nitrogen and oxygen atoms in total. The molecular formula is C14H26N2O3S. The van der Waals surface area contributed by atoms with E-state index < -0.39 is 9.84 Å². The molecule has 3 N–H and O–H groups in total. The van der Waals surface area contributed by atoms with Gasteiger partial charge in [-0.1, -0.05) is 13.8 Å². The highest BCUT2D eigenvalue weighted by atomic mass is 32.2. The van der Waals surface area contributed by atoms with Crippen molar-refractivity contribution in [2.45, 2.75) is 51.6 Å². The van der Waals surface area contributed by atoms with Crippen LogP contribution in [0.15, 0.2) is 0 Å². The third-order valence-corrected chi connectivity index (χ3v) is 6.65. The van der Waals surface area contributed by atoms with E-state index in [0.717, 1.165) is 12.8 Å². The van der Waals surface area contributed by atoms with Crippen molar-refractivity contribution in [1.29, 1.82) is 0 Å². The van der Waals surface area contributed by atoms with Crippen molar-refractivity contribution in [3.8, 4) is 0 Å². The molecule has 0 spiro atoms. The van der Waals surface area contributed by atoms with E-state index in [0.29, 0.717) is 24.7 Å². The molecule has 0 aromatic heterocycles. The zero-order valence-corrected chi connectivity index (χ0v) is 13.2. The van der Waals surface area contributed by atoms with Crippen LogP contribution in [0.5, 0.6) is 0 Å². The van der Waals surface area contributed by atoms with Gasteiger partial charge in [0.15, 0.2) is 9.84 Å². The van der Waals surface area contributed by atoms with Crippen LogP contribution in [0.4, 0.5) is 0 Å². The summed E-state index contributed by atoms with van der Waals surface area (Å²) in [6, 6.07) is -0.152. The van der Waals surface area contributed by atoms with Gasteiger partial charge in [0.2, 0.25) is 5.91 Å². The minimum atomic E-state index is -2.98. The lowest BCUT2D eigenvalue weighted by Gasteiger charge is -2.37. The first-order valence-electron chi connectivity index (χ1n) is 7.55. The largest absolute Gasteiger partial charge is 0.352 e. The topological polar surface area (TPSA) is 89.3 Å². The fourth-order valence-corrected chi connectivity index (χ4v) is 5.13. The van der Waals surface area contributed by atoms with Gasteiger partial charge < -0.3 is 11.1 Å². The molecule has 5 unspecified atom stereocenters. The Bertz CT molecular complexity index is 463. The van der Waals surface area contributed by atoms with Crippen molar-refractivity contribution in [1.82, 2.24) is 5.32 Å². The van der Waals surface area contributed by atoms with Crippen molar-refractivity contribution in [2.75, 3.05) is 11.5 Å². The summed E-state index contributed by atoms with van der Waals surface area (Å²) in [6.07, 6.45) is 3.06. The predicted molar refractivity (Wildman–Crippen MR) is 78.8 cm³/mol. The smallest absolute Gasteiger partial charge is 0.223 e. The van der Waals surface area contributed by atoms with Crippen LogP contribution in [-0.2, 0) is 14.6 Å². The number of hydrogen-bond acceptors (Lipinski definition) is 4. The van der Waals surface area contributed by atoms with Gasteiger partial charge in [0, 0.05) is 18.0 Å². The Morgan fingerprint density at radius 2 is 1.90 bits per heavy atom. The maximum atomic E-state index is 12.4. The summed E-state index contributed by atoms with van der Waals surface area (Å²) in [5.41, 5.74) is 6.07. The van der Waals surface area contributed by atoms with Crippen molar-refractivity contribution in [2.24, 2.45) is 23.5 Å². The lowest BCUT2D eigenvalue weighted by molar-refractivity contribution is -0.128. The summed E-state index contributed by atoms with van der Waals surface area (Å²) < 4.78 is 23.2. The molecule has 116 valence electrons. The summed E-state index contributed by atoms with van der Waals surface area (Å²) in [7, 11) is -2.98. The van der Waals surface area contributed by atoms with E-state index in [1.54, 1.807) is 0 Å². The molecule has 1 saturated carbocycles. The Kier molecular flexibility index (Phi) is 4.74. The zero-order valence-electron chi connectivity index (χ0n) is 12.3. The number of hydrogen-bond donors (Lipinski definition) is 2. The Hall–Kier alpha value is -0.620. The number of rotatable bonds is 2. The van der Waals surface area contributed by atoms with Gasteiger partial charge in [0.25, 0.3) is 0 Å². The number of amides is 1. The number of sulfone groups is 1. The van der Waals surface area contributed by atoms with Gasteiger partial charge in [-0.15, -0.1) is 0 Å². The van der Waals surface area contributed by atoms with Crippen LogP contribution in [-0.4, -0.2) is 37.9 Å². The van der Waals surface area contributed by atoms with Crippen LogP contribution >= 0.6 is 0 Å². The molecule has 0 aromatic rings. The molecule has 1 saturated heterocycles. The average molecular weight is 302 g/mol. The maximum absolute atomic E-state index is 12.4. The van der Waals surface area contributed by atoms with Crippen molar-refractivity contribution < 1.29 is 13.2 Å². The molecule has 5 atom stereocenters. The summed E-state index contributed by atoms with van der Waals surface area (Å²) in [4.78, 5) is 12.4. The molecule has 0 radical (unpaired) electrons. The standard InChI is InChI=1S/C14H26N2O3S/c1-9-6-10(2)13(15)7-12(9)14(17)16-11-4-3-5-20(18,19)8-11/h9-13H,3-8,15H2,1-2H3,(H,16,17). The van der Waals surface area contributed by atoms with Crippen LogP contribution in [0.2, 0.25) is 0 Å². The molecule has 1 aliphatic carbocycles. The monoisotopic (exact) mass is 302 g/mol. The minimum absolute atomic E-state index is 0.0121. The van der Waals surface area contributed by atoms with E-state index >= 15 is 0 Å². The normalized spacial score (nSPS) is 41.0. The third-order valence-electron chi connectivity index (χ3n) is 4.83. The quantitative estimate of drug-likeness (QED) is 0.785. The van der Waals surface area contributed by atoms with Crippen molar-refractivity contribution in [3.05, 3.63) is 0 Å². The van der Waals surface area contributed by atoms with Crippen molar-refractivity contribution in [3.63, 3.8) is 0 Å². The third kappa shape index (κ3) is 3.73. The fourth-order valence-electron chi connectivity index (χ4n) is 3.49. The molecular weight excluding hydrogens is 276 g/mol. The number of nitrogens with two attached hydrogens (primary N) is 1. The number of carbonyl (C=O) groups excluding carboxylic acids is 1. The second-order valence-corrected chi connectivity index (χ2v) is 8.89. The van der Waals surface area contributed by atoms with Gasteiger partial charge in [-0.05, 0) is 37.5 Å². The molecule has 20 heavy (non-hydrogen) atoms. The maximum Gasteiger partial charge on any atom is 0.223 e. The van der Waals surface area contributed by atoms with E-state index in [1.165, 1.54) is 0 Å². The van der Waals surface area contributed by atoms with E-state index in [-0.39, 0.29) is 35.4 Å². The van der Waals surface area contributed by atoms with Gasteiger partial charge in [-0.2, -0.15) is 0 Å². The zero-order chi connectivity index (χ0) is 14.9. The molecule has 1 amide bonds. The summed E-state index contributed by atoms with van der Waals surface area (Å²) in [5, 5.41) is 2.94. The second kappa shape index (κ2) is 6.02. The van der Waals surface area contributed by atoms with Crippen LogP contribution in [0.1, 0.15) is 39.5 Å². The van der Waals surface area contributed by atoms with Crippen LogP contribution in [0.3, 0.4) is 0 Å². The minimum Gasteiger partial charge on any atom is -0.352 e. The lowest BCUT2D eigenvalue weighted by atomic mass is 9.72. The first kappa shape index (κ1) is 15.8. The highest BCUT2D eigenvalue weighted by Gasteiger charge is 2.36. The molecule has 0 bridgehead atoms. The van der Waals surface area contributed by atoms with E-state index in [4.69, 9.17) is 5.73 Å². The Morgan fingerprint density at radius 1 is 1.20 bits per heavy atom. The molecule has 2 rings (SSSR count). The van der Waals surface area contributed by atoms with Crippen LogP contribution in [0, 0.1) is 17.8 Å². The van der Waals surface area contributed by atoms with Crippen LogP contribution in [0.25, 0.3) is 0 Å². The summed E-state index contributed by atoms with van der Waals surface area (Å²) >= 11 is 0. The molecule has 0 aromatic carbocycles. The number of carbonyl (C=O) groups is 1. The van der Waals surface area contributed by atoms with Gasteiger partial charge in [-0.25, -0.2) is 8.42 Å². The molecule has 1 aliphatic heterocycles. The predicted octanol–water partition coefficient (Wildman–Crippen LogP) is 0.689. The van der Waals surface area contributed by atoms with E-state index in [2.05, 4.69) is 19.2 Å². The highest BCUT2D eigenvalue weighted by Crippen LogP contribution is 2.33. The highest BCUT2D eigenvalue weighted by molar-refractivity contribution is 7.91. The Balaban J connectivity index is 1.94. The summed E-state index contributed by atoms with van der Waals surface area (Å²) in [5.74, 6) is 1.01. The fraction of sp³-hybridized carbons (Fsp3) is 0.929. The van der Waals surface area contributed by atoms with E-state index in [9.17, 15) is 13.2 Å². The Labute approximate surface area is 121 Å². The second-order valence-electron chi connectivity index (χ2n) is 6.66. The van der Waals surface area contributed by atoms with Gasteiger partial charge in [0.05, 0.1) is 11.5 Å². The number of nitrogens with one attached hydrogen (secondary N) is 1. The summed E-state index contributed by atoms with van der Waals surface area (Å²) in [6.45, 7) is 4.22. The first-order chi connectivity index (χ1) is 9.28.